The van der Waals surface area contributed by atoms with Gasteiger partial charge < -0.3 is 9.26 Å². The molecule has 3 N–H and O–H groups in total. The van der Waals surface area contributed by atoms with Crippen LogP contribution in [-0.4, -0.2) is 40.8 Å². The Hall–Kier alpha value is -1.44. The first-order valence-electron chi connectivity index (χ1n) is 6.26. The first kappa shape index (κ1) is 14.0. The topological polar surface area (TPSA) is 93.6 Å². The molecular formula is C12H20N4O3. The number of carbonyl (C=O) groups excluding carboxylic acids is 1. The number of carbonyl (C=O) groups is 1. The number of amides is 1. The van der Waals surface area contributed by atoms with E-state index in [0.29, 0.717) is 12.3 Å². The summed E-state index contributed by atoms with van der Waals surface area (Å²) >= 11 is 0. The summed E-state index contributed by atoms with van der Waals surface area (Å²) in [6.45, 7) is 8.38. The molecule has 19 heavy (non-hydrogen) atoms. The molecule has 0 spiro atoms. The number of hydrogen-bond acceptors (Lipinski definition) is 6. The lowest BCUT2D eigenvalue weighted by Gasteiger charge is -2.41. The van der Waals surface area contributed by atoms with E-state index in [1.807, 2.05) is 12.3 Å². The first-order chi connectivity index (χ1) is 8.89. The minimum atomic E-state index is -0.453. The zero-order valence-electron chi connectivity index (χ0n) is 11.5. The minimum Gasteiger partial charge on any atom is -0.370 e. The fourth-order valence-corrected chi connectivity index (χ4v) is 2.50. The summed E-state index contributed by atoms with van der Waals surface area (Å²) in [6, 6.07) is 1.61. The summed E-state index contributed by atoms with van der Waals surface area (Å²) in [6.07, 6.45) is 0.165. The van der Waals surface area contributed by atoms with Gasteiger partial charge in [-0.25, -0.2) is 5.84 Å². The third kappa shape index (κ3) is 3.52. The van der Waals surface area contributed by atoms with Gasteiger partial charge in [-0.3, -0.25) is 15.1 Å². The molecule has 1 aromatic heterocycles. The van der Waals surface area contributed by atoms with E-state index < -0.39 is 5.91 Å². The number of nitrogen functional groups attached to an aromatic ring is 1. The molecular weight excluding hydrogens is 248 g/mol. The van der Waals surface area contributed by atoms with E-state index in [0.717, 1.165) is 13.1 Å². The Balaban J connectivity index is 2.01. The molecule has 0 saturated carbocycles. The predicted molar refractivity (Wildman–Crippen MR) is 68.1 cm³/mol. The molecule has 1 fully saturated rings. The molecule has 1 amide bonds. The number of hydrogen-bond donors (Lipinski definition) is 2. The van der Waals surface area contributed by atoms with E-state index in [1.54, 1.807) is 6.07 Å². The summed E-state index contributed by atoms with van der Waals surface area (Å²) in [5, 5.41) is 3.68. The quantitative estimate of drug-likeness (QED) is 0.464. The molecule has 1 atom stereocenters. The summed E-state index contributed by atoms with van der Waals surface area (Å²) in [5.41, 5.74) is 2.03. The summed E-state index contributed by atoms with van der Waals surface area (Å²) in [4.78, 5) is 13.5. The second-order valence-corrected chi connectivity index (χ2v) is 5.51. The minimum absolute atomic E-state index is 0.165. The van der Waals surface area contributed by atoms with Gasteiger partial charge in [0.25, 0.3) is 5.91 Å². The van der Waals surface area contributed by atoms with Crippen molar-refractivity contribution >= 4 is 5.91 Å². The zero-order valence-corrected chi connectivity index (χ0v) is 11.5. The highest BCUT2D eigenvalue weighted by atomic mass is 16.5. The van der Waals surface area contributed by atoms with Crippen LogP contribution in [0.15, 0.2) is 10.6 Å². The van der Waals surface area contributed by atoms with Crippen molar-refractivity contribution in [2.45, 2.75) is 39.0 Å². The van der Waals surface area contributed by atoms with Gasteiger partial charge in [-0.1, -0.05) is 5.16 Å². The molecule has 7 heteroatoms. The Morgan fingerprint density at radius 1 is 1.68 bits per heavy atom. The van der Waals surface area contributed by atoms with E-state index in [1.165, 1.54) is 0 Å². The van der Waals surface area contributed by atoms with E-state index in [9.17, 15) is 4.79 Å². The predicted octanol–water partition coefficient (Wildman–Crippen LogP) is 0.277. The lowest BCUT2D eigenvalue weighted by atomic mass is 10.1. The first-order valence-corrected chi connectivity index (χ1v) is 6.26. The normalized spacial score (nSPS) is 23.3. The number of nitrogens with zero attached hydrogens (tertiary/aromatic N) is 2. The van der Waals surface area contributed by atoms with Gasteiger partial charge in [0.05, 0.1) is 18.2 Å². The van der Waals surface area contributed by atoms with Crippen molar-refractivity contribution in [1.29, 1.82) is 0 Å². The van der Waals surface area contributed by atoms with Gasteiger partial charge in [0.1, 0.15) is 0 Å². The van der Waals surface area contributed by atoms with Crippen LogP contribution >= 0.6 is 0 Å². The fraction of sp³-hybridized carbons (Fsp3) is 0.667. The smallest absolute Gasteiger partial charge is 0.287 e. The molecule has 2 rings (SSSR count). The lowest BCUT2D eigenvalue weighted by Crippen LogP contribution is -2.51. The lowest BCUT2D eigenvalue weighted by molar-refractivity contribution is -0.131. The molecule has 1 aliphatic rings. The Kier molecular flexibility index (Phi) is 3.88. The van der Waals surface area contributed by atoms with E-state index in [2.05, 4.69) is 23.9 Å². The van der Waals surface area contributed by atoms with E-state index >= 15 is 0 Å². The largest absolute Gasteiger partial charge is 0.370 e. The van der Waals surface area contributed by atoms with Crippen LogP contribution in [0.1, 0.15) is 37.0 Å². The van der Waals surface area contributed by atoms with Crippen LogP contribution in [0.3, 0.4) is 0 Å². The third-order valence-electron chi connectivity index (χ3n) is 2.94. The zero-order chi connectivity index (χ0) is 14.0. The van der Waals surface area contributed by atoms with Gasteiger partial charge in [0.2, 0.25) is 0 Å². The number of nitrogens with two attached hydrogens (primary N) is 1. The van der Waals surface area contributed by atoms with Crippen molar-refractivity contribution < 1.29 is 14.1 Å². The molecule has 0 bridgehead atoms. The van der Waals surface area contributed by atoms with Crippen LogP contribution in [0.2, 0.25) is 0 Å². The van der Waals surface area contributed by atoms with Crippen LogP contribution in [0, 0.1) is 0 Å². The fourth-order valence-electron chi connectivity index (χ4n) is 2.50. The molecule has 1 aliphatic heterocycles. The maximum Gasteiger partial charge on any atom is 0.287 e. The van der Waals surface area contributed by atoms with Crippen molar-refractivity contribution in [3.63, 3.8) is 0 Å². The second kappa shape index (κ2) is 5.28. The van der Waals surface area contributed by atoms with E-state index in [4.69, 9.17) is 15.1 Å². The number of aromatic nitrogens is 1. The summed E-state index contributed by atoms with van der Waals surface area (Å²) < 4.78 is 11.0. The molecule has 0 aliphatic carbocycles. The highest BCUT2D eigenvalue weighted by Crippen LogP contribution is 2.22. The van der Waals surface area contributed by atoms with Crippen molar-refractivity contribution in [1.82, 2.24) is 15.5 Å². The average molecular weight is 268 g/mol. The van der Waals surface area contributed by atoms with Crippen molar-refractivity contribution in [2.75, 3.05) is 13.1 Å². The monoisotopic (exact) mass is 268 g/mol. The van der Waals surface area contributed by atoms with Crippen LogP contribution in [-0.2, 0) is 11.3 Å². The van der Waals surface area contributed by atoms with E-state index in [-0.39, 0.29) is 17.4 Å². The van der Waals surface area contributed by atoms with Gasteiger partial charge in [0.15, 0.2) is 11.5 Å². The summed E-state index contributed by atoms with van der Waals surface area (Å²) in [7, 11) is 0. The maximum absolute atomic E-state index is 11.3. The SMILES string of the molecule is CC1CN(Cc2cc(C(=O)NN)no2)CC(C)(C)O1. The van der Waals surface area contributed by atoms with Crippen LogP contribution in [0.5, 0.6) is 0 Å². The van der Waals surface area contributed by atoms with Gasteiger partial charge in [-0.15, -0.1) is 0 Å². The van der Waals surface area contributed by atoms with Crippen molar-refractivity contribution in [3.05, 3.63) is 17.5 Å². The number of hydrazine groups is 1. The number of rotatable bonds is 3. The third-order valence-corrected chi connectivity index (χ3v) is 2.94. The highest BCUT2D eigenvalue weighted by molar-refractivity contribution is 5.91. The highest BCUT2D eigenvalue weighted by Gasteiger charge is 2.31. The molecule has 1 aromatic rings. The molecule has 1 unspecified atom stereocenters. The number of ether oxygens (including phenoxy) is 1. The number of morpholine rings is 1. The molecule has 106 valence electrons. The number of nitrogens with one attached hydrogen (secondary N) is 1. The molecule has 0 aromatic carbocycles. The molecule has 0 radical (unpaired) electrons. The second-order valence-electron chi connectivity index (χ2n) is 5.51. The Labute approximate surface area is 112 Å². The van der Waals surface area contributed by atoms with Crippen LogP contribution < -0.4 is 11.3 Å². The average Bonchev–Trinajstić information content (AvgIpc) is 2.73. The van der Waals surface area contributed by atoms with Gasteiger partial charge in [-0.05, 0) is 20.8 Å². The van der Waals surface area contributed by atoms with Gasteiger partial charge in [-0.2, -0.15) is 0 Å². The van der Waals surface area contributed by atoms with Gasteiger partial charge >= 0.3 is 0 Å². The van der Waals surface area contributed by atoms with Crippen LogP contribution in [0.4, 0.5) is 0 Å². The Morgan fingerprint density at radius 2 is 2.42 bits per heavy atom. The molecule has 1 saturated heterocycles. The van der Waals surface area contributed by atoms with Crippen molar-refractivity contribution in [3.8, 4) is 0 Å². The van der Waals surface area contributed by atoms with Crippen LogP contribution in [0.25, 0.3) is 0 Å². The molecule has 7 nitrogen and oxygen atoms in total. The maximum atomic E-state index is 11.3. The van der Waals surface area contributed by atoms with Crippen molar-refractivity contribution in [2.24, 2.45) is 5.84 Å². The Bertz CT molecular complexity index is 458. The summed E-state index contributed by atoms with van der Waals surface area (Å²) in [5.74, 6) is 5.23. The Morgan fingerprint density at radius 3 is 3.05 bits per heavy atom. The van der Waals surface area contributed by atoms with Gasteiger partial charge in [0, 0.05) is 19.2 Å². The molecule has 2 heterocycles. The standard InChI is InChI=1S/C12H20N4O3/c1-8-5-16(7-12(2,3)18-8)6-9-4-10(15-19-9)11(17)14-13/h4,8H,5-7,13H2,1-3H3,(H,14,17).